The van der Waals surface area contributed by atoms with E-state index in [1.807, 2.05) is 6.92 Å². The van der Waals surface area contributed by atoms with E-state index in [-0.39, 0.29) is 11.8 Å². The molecular weight excluding hydrogens is 144 g/mol. The Morgan fingerprint density at radius 1 is 1.27 bits per heavy atom. The van der Waals surface area contributed by atoms with Gasteiger partial charge in [-0.2, -0.15) is 0 Å². The summed E-state index contributed by atoms with van der Waals surface area (Å²) in [4.78, 5) is 21.2. The maximum Gasteiger partial charge on any atom is 0.244 e. The summed E-state index contributed by atoms with van der Waals surface area (Å²) in [6.07, 6.45) is 2.38. The topological polar surface area (TPSA) is 58.2 Å². The number of likely N-dealkylation sites (N-methyl/N-ethyl adjacent to an activating group) is 2. The van der Waals surface area contributed by atoms with Gasteiger partial charge in [0.05, 0.1) is 0 Å². The summed E-state index contributed by atoms with van der Waals surface area (Å²) in [5.74, 6) is -0.535. The van der Waals surface area contributed by atoms with Crippen molar-refractivity contribution in [1.29, 1.82) is 0 Å². The average molecular weight is 156 g/mol. The molecule has 0 heterocycles. The number of carbonyl (C=O) groups excluding carboxylic acids is 2. The third-order valence-corrected chi connectivity index (χ3v) is 0.983. The normalized spacial score (nSPS) is 9.64. The summed E-state index contributed by atoms with van der Waals surface area (Å²) in [7, 11) is 1.50. The van der Waals surface area contributed by atoms with Crippen LogP contribution in [-0.2, 0) is 9.59 Å². The molecule has 0 fully saturated rings. The van der Waals surface area contributed by atoms with Gasteiger partial charge in [-0.05, 0) is 6.92 Å². The highest BCUT2D eigenvalue weighted by Crippen LogP contribution is 1.73. The smallest absolute Gasteiger partial charge is 0.244 e. The van der Waals surface area contributed by atoms with Crippen LogP contribution >= 0.6 is 0 Å². The highest BCUT2D eigenvalue weighted by Gasteiger charge is 1.92. The van der Waals surface area contributed by atoms with Gasteiger partial charge in [-0.25, -0.2) is 0 Å². The molecule has 0 spiro atoms. The Labute approximate surface area is 65.7 Å². The van der Waals surface area contributed by atoms with Crippen LogP contribution in [0, 0.1) is 0 Å². The van der Waals surface area contributed by atoms with Crippen LogP contribution in [0.4, 0.5) is 0 Å². The summed E-state index contributed by atoms with van der Waals surface area (Å²) in [5.41, 5.74) is 0. The molecule has 0 aliphatic carbocycles. The van der Waals surface area contributed by atoms with E-state index < -0.39 is 0 Å². The number of amides is 2. The van der Waals surface area contributed by atoms with Gasteiger partial charge in [-0.3, -0.25) is 9.59 Å². The molecule has 0 atom stereocenters. The first-order valence-electron chi connectivity index (χ1n) is 3.38. The van der Waals surface area contributed by atoms with Crippen LogP contribution in [0.3, 0.4) is 0 Å². The van der Waals surface area contributed by atoms with Gasteiger partial charge in [0.2, 0.25) is 11.8 Å². The molecule has 0 aromatic heterocycles. The molecule has 4 nitrogen and oxygen atoms in total. The molecule has 62 valence electrons. The fraction of sp³-hybridized carbons (Fsp3) is 0.429. The molecule has 0 saturated carbocycles. The summed E-state index contributed by atoms with van der Waals surface area (Å²) < 4.78 is 0. The minimum absolute atomic E-state index is 0.254. The Morgan fingerprint density at radius 3 is 2.27 bits per heavy atom. The van der Waals surface area contributed by atoms with Gasteiger partial charge in [0.15, 0.2) is 0 Å². The van der Waals surface area contributed by atoms with E-state index in [1.165, 1.54) is 19.2 Å². The van der Waals surface area contributed by atoms with E-state index in [1.54, 1.807) is 0 Å². The number of carbonyl (C=O) groups is 2. The van der Waals surface area contributed by atoms with Crippen LogP contribution in [0.5, 0.6) is 0 Å². The van der Waals surface area contributed by atoms with Crippen LogP contribution < -0.4 is 10.6 Å². The molecule has 0 bridgehead atoms. The van der Waals surface area contributed by atoms with Crippen molar-refractivity contribution in [2.45, 2.75) is 6.92 Å². The molecular formula is C7H12N2O2. The Balaban J connectivity index is 3.73. The molecule has 0 aromatic rings. The van der Waals surface area contributed by atoms with Gasteiger partial charge in [-0.15, -0.1) is 0 Å². The standard InChI is InChI=1S/C7H12N2O2/c1-3-9-7(11)5-4-6(10)8-2/h4-5H,3H2,1-2H3,(H,8,10)(H,9,11). The monoisotopic (exact) mass is 156 g/mol. The second-order valence-electron chi connectivity index (χ2n) is 1.84. The van der Waals surface area contributed by atoms with Crippen LogP contribution in [0.1, 0.15) is 6.92 Å². The van der Waals surface area contributed by atoms with Crippen LogP contribution in [0.25, 0.3) is 0 Å². The summed E-state index contributed by atoms with van der Waals surface area (Å²) in [6.45, 7) is 2.38. The number of nitrogens with one attached hydrogen (secondary N) is 2. The van der Waals surface area contributed by atoms with E-state index in [0.29, 0.717) is 6.54 Å². The lowest BCUT2D eigenvalue weighted by atomic mass is 10.4. The van der Waals surface area contributed by atoms with Gasteiger partial charge in [-0.1, -0.05) is 0 Å². The first-order chi connectivity index (χ1) is 5.20. The van der Waals surface area contributed by atoms with Crippen LogP contribution in [-0.4, -0.2) is 25.4 Å². The maximum atomic E-state index is 10.7. The highest BCUT2D eigenvalue weighted by atomic mass is 16.2. The minimum Gasteiger partial charge on any atom is -0.356 e. The second-order valence-corrected chi connectivity index (χ2v) is 1.84. The van der Waals surface area contributed by atoms with Crippen molar-refractivity contribution in [3.05, 3.63) is 12.2 Å². The third-order valence-electron chi connectivity index (χ3n) is 0.983. The number of hydrogen-bond donors (Lipinski definition) is 2. The molecule has 0 rings (SSSR count). The number of hydrogen-bond acceptors (Lipinski definition) is 2. The summed E-state index contributed by atoms with van der Waals surface area (Å²) >= 11 is 0. The average Bonchev–Trinajstić information content (AvgIpc) is 2.01. The second kappa shape index (κ2) is 5.46. The molecule has 0 unspecified atom stereocenters. The molecule has 0 saturated heterocycles. The van der Waals surface area contributed by atoms with Crippen molar-refractivity contribution < 1.29 is 9.59 Å². The summed E-state index contributed by atoms with van der Waals surface area (Å²) in [5, 5.41) is 4.88. The SMILES string of the molecule is CCNC(=O)C=CC(=O)NC. The largest absolute Gasteiger partial charge is 0.356 e. The van der Waals surface area contributed by atoms with Crippen molar-refractivity contribution in [3.63, 3.8) is 0 Å². The van der Waals surface area contributed by atoms with Gasteiger partial charge in [0.1, 0.15) is 0 Å². The van der Waals surface area contributed by atoms with E-state index in [4.69, 9.17) is 0 Å². The quantitative estimate of drug-likeness (QED) is 0.537. The Hall–Kier alpha value is -1.32. The Bertz CT molecular complexity index is 175. The Kier molecular flexibility index (Phi) is 4.81. The summed E-state index contributed by atoms with van der Waals surface area (Å²) in [6, 6.07) is 0. The maximum absolute atomic E-state index is 10.7. The molecule has 0 aliphatic rings. The first kappa shape index (κ1) is 9.68. The molecule has 4 heteroatoms. The lowest BCUT2D eigenvalue weighted by molar-refractivity contribution is -0.118. The lowest BCUT2D eigenvalue weighted by Crippen LogP contribution is -2.21. The zero-order valence-corrected chi connectivity index (χ0v) is 6.68. The minimum atomic E-state index is -0.281. The fourth-order valence-electron chi connectivity index (χ4n) is 0.468. The molecule has 0 aliphatic heterocycles. The van der Waals surface area contributed by atoms with E-state index in [9.17, 15) is 9.59 Å². The predicted octanol–water partition coefficient (Wildman–Crippen LogP) is -0.575. The van der Waals surface area contributed by atoms with Crippen LogP contribution in [0.15, 0.2) is 12.2 Å². The van der Waals surface area contributed by atoms with Gasteiger partial charge in [0.25, 0.3) is 0 Å². The fourth-order valence-corrected chi connectivity index (χ4v) is 0.468. The highest BCUT2D eigenvalue weighted by molar-refractivity contribution is 5.96. The lowest BCUT2D eigenvalue weighted by Gasteiger charge is -1.93. The van der Waals surface area contributed by atoms with E-state index in [2.05, 4.69) is 10.6 Å². The van der Waals surface area contributed by atoms with Crippen molar-refractivity contribution in [1.82, 2.24) is 10.6 Å². The molecule has 2 amide bonds. The molecule has 0 radical (unpaired) electrons. The van der Waals surface area contributed by atoms with Gasteiger partial charge < -0.3 is 10.6 Å². The zero-order chi connectivity index (χ0) is 8.69. The first-order valence-corrected chi connectivity index (χ1v) is 3.38. The van der Waals surface area contributed by atoms with Crippen molar-refractivity contribution in [3.8, 4) is 0 Å². The van der Waals surface area contributed by atoms with Crippen LogP contribution in [0.2, 0.25) is 0 Å². The molecule has 11 heavy (non-hydrogen) atoms. The van der Waals surface area contributed by atoms with Crippen molar-refractivity contribution >= 4 is 11.8 Å². The van der Waals surface area contributed by atoms with E-state index >= 15 is 0 Å². The predicted molar refractivity (Wildman–Crippen MR) is 41.9 cm³/mol. The van der Waals surface area contributed by atoms with Crippen molar-refractivity contribution in [2.24, 2.45) is 0 Å². The van der Waals surface area contributed by atoms with Crippen molar-refractivity contribution in [2.75, 3.05) is 13.6 Å². The number of rotatable bonds is 3. The zero-order valence-electron chi connectivity index (χ0n) is 6.68. The van der Waals surface area contributed by atoms with Gasteiger partial charge in [0, 0.05) is 25.7 Å². The molecule has 2 N–H and O–H groups in total. The van der Waals surface area contributed by atoms with E-state index in [0.717, 1.165) is 0 Å². The molecule has 0 aromatic carbocycles. The Morgan fingerprint density at radius 2 is 1.82 bits per heavy atom. The third kappa shape index (κ3) is 5.14. The van der Waals surface area contributed by atoms with Gasteiger partial charge >= 0.3 is 0 Å².